The van der Waals surface area contributed by atoms with Crippen molar-refractivity contribution in [2.45, 2.75) is 26.4 Å². The number of hydrogen-bond acceptors (Lipinski definition) is 2. The first-order valence-corrected chi connectivity index (χ1v) is 6.15. The molecule has 0 amide bonds. The summed E-state index contributed by atoms with van der Waals surface area (Å²) in [6, 6.07) is 8.59. The van der Waals surface area contributed by atoms with E-state index in [0.717, 1.165) is 18.4 Å². The maximum absolute atomic E-state index is 5.64. The summed E-state index contributed by atoms with van der Waals surface area (Å²) in [6.07, 6.45) is 1.41. The Morgan fingerprint density at radius 2 is 2.06 bits per heavy atom. The van der Waals surface area contributed by atoms with Crippen LogP contribution in [0, 0.1) is 11.8 Å². The van der Waals surface area contributed by atoms with E-state index in [1.165, 1.54) is 24.1 Å². The molecule has 2 unspecified atom stereocenters. The van der Waals surface area contributed by atoms with Gasteiger partial charge in [0.25, 0.3) is 0 Å². The average molecular weight is 218 g/mol. The molecule has 1 aliphatic rings. The van der Waals surface area contributed by atoms with Gasteiger partial charge in [-0.3, -0.25) is 0 Å². The maximum Gasteiger partial charge on any atom is 0.0230 e. The highest BCUT2D eigenvalue weighted by Gasteiger charge is 2.32. The van der Waals surface area contributed by atoms with E-state index in [4.69, 9.17) is 5.73 Å². The van der Waals surface area contributed by atoms with Crippen molar-refractivity contribution in [2.24, 2.45) is 17.6 Å². The van der Waals surface area contributed by atoms with Crippen LogP contribution in [0.15, 0.2) is 24.3 Å². The summed E-state index contributed by atoms with van der Waals surface area (Å²) in [7, 11) is 2.21. The zero-order valence-corrected chi connectivity index (χ0v) is 10.3. The van der Waals surface area contributed by atoms with Crippen molar-refractivity contribution >= 4 is 0 Å². The van der Waals surface area contributed by atoms with E-state index in [0.29, 0.717) is 6.54 Å². The Labute approximate surface area is 98.4 Å². The van der Waals surface area contributed by atoms with Crippen LogP contribution in [0.25, 0.3) is 0 Å². The lowest BCUT2D eigenvalue weighted by atomic mass is 10.1. The van der Waals surface area contributed by atoms with Gasteiger partial charge < -0.3 is 10.6 Å². The van der Waals surface area contributed by atoms with Crippen molar-refractivity contribution in [1.29, 1.82) is 0 Å². The Kier molecular flexibility index (Phi) is 3.62. The van der Waals surface area contributed by atoms with E-state index >= 15 is 0 Å². The van der Waals surface area contributed by atoms with E-state index in [2.05, 4.69) is 43.1 Å². The van der Waals surface area contributed by atoms with Crippen LogP contribution < -0.4 is 5.73 Å². The lowest BCUT2D eigenvalue weighted by Gasteiger charge is -2.16. The Hall–Kier alpha value is -0.860. The van der Waals surface area contributed by atoms with E-state index in [1.807, 2.05) is 0 Å². The summed E-state index contributed by atoms with van der Waals surface area (Å²) in [4.78, 5) is 2.42. The molecule has 2 nitrogen and oxygen atoms in total. The molecule has 0 heterocycles. The van der Waals surface area contributed by atoms with E-state index in [-0.39, 0.29) is 0 Å². The summed E-state index contributed by atoms with van der Waals surface area (Å²) < 4.78 is 0. The van der Waals surface area contributed by atoms with Gasteiger partial charge in [0.05, 0.1) is 0 Å². The molecule has 2 heteroatoms. The van der Waals surface area contributed by atoms with Gasteiger partial charge >= 0.3 is 0 Å². The van der Waals surface area contributed by atoms with Crippen molar-refractivity contribution in [3.8, 4) is 0 Å². The first-order chi connectivity index (χ1) is 7.69. The van der Waals surface area contributed by atoms with Gasteiger partial charge in [-0.2, -0.15) is 0 Å². The third kappa shape index (κ3) is 3.06. The second-order valence-corrected chi connectivity index (χ2v) is 5.19. The molecule has 1 aromatic rings. The number of benzene rings is 1. The topological polar surface area (TPSA) is 29.3 Å². The molecule has 2 atom stereocenters. The fourth-order valence-electron chi connectivity index (χ4n) is 2.28. The molecule has 0 aromatic heterocycles. The first kappa shape index (κ1) is 11.6. The molecule has 1 saturated carbocycles. The Morgan fingerprint density at radius 3 is 2.69 bits per heavy atom. The van der Waals surface area contributed by atoms with Crippen LogP contribution in [0.4, 0.5) is 0 Å². The number of nitrogens with two attached hydrogens (primary N) is 1. The van der Waals surface area contributed by atoms with Crippen molar-refractivity contribution in [3.63, 3.8) is 0 Å². The molecule has 16 heavy (non-hydrogen) atoms. The Balaban J connectivity index is 1.87. The normalized spacial score (nSPS) is 23.8. The molecule has 0 bridgehead atoms. The van der Waals surface area contributed by atoms with Gasteiger partial charge in [-0.05, 0) is 36.4 Å². The summed E-state index contributed by atoms with van der Waals surface area (Å²) >= 11 is 0. The van der Waals surface area contributed by atoms with Crippen LogP contribution in [0.1, 0.15) is 24.5 Å². The second kappa shape index (κ2) is 4.98. The summed E-state index contributed by atoms with van der Waals surface area (Å²) in [5.41, 5.74) is 8.25. The third-order valence-corrected chi connectivity index (χ3v) is 3.50. The van der Waals surface area contributed by atoms with Crippen LogP contribution in [-0.2, 0) is 13.1 Å². The molecule has 1 fully saturated rings. The Bertz CT molecular complexity index is 348. The molecule has 0 spiro atoms. The summed E-state index contributed by atoms with van der Waals surface area (Å²) in [5.74, 6) is 1.88. The zero-order valence-electron chi connectivity index (χ0n) is 10.3. The first-order valence-electron chi connectivity index (χ1n) is 6.15. The van der Waals surface area contributed by atoms with Gasteiger partial charge in [-0.25, -0.2) is 0 Å². The molecule has 0 aliphatic heterocycles. The Morgan fingerprint density at radius 1 is 1.38 bits per heavy atom. The highest BCUT2D eigenvalue weighted by atomic mass is 15.1. The minimum Gasteiger partial charge on any atom is -0.326 e. The van der Waals surface area contributed by atoms with Crippen molar-refractivity contribution in [3.05, 3.63) is 35.4 Å². The summed E-state index contributed by atoms with van der Waals surface area (Å²) in [6.45, 7) is 5.25. The number of nitrogens with zero attached hydrogens (tertiary/aromatic N) is 1. The smallest absolute Gasteiger partial charge is 0.0230 e. The van der Waals surface area contributed by atoms with Gasteiger partial charge in [0.1, 0.15) is 0 Å². The lowest BCUT2D eigenvalue weighted by Crippen LogP contribution is -2.21. The third-order valence-electron chi connectivity index (χ3n) is 3.50. The molecule has 0 radical (unpaired) electrons. The highest BCUT2D eigenvalue weighted by molar-refractivity contribution is 5.23. The minimum atomic E-state index is 0.636. The van der Waals surface area contributed by atoms with Crippen molar-refractivity contribution in [1.82, 2.24) is 4.90 Å². The van der Waals surface area contributed by atoms with Crippen LogP contribution >= 0.6 is 0 Å². The predicted molar refractivity (Wildman–Crippen MR) is 67.9 cm³/mol. The van der Waals surface area contributed by atoms with Crippen LogP contribution in [-0.4, -0.2) is 18.5 Å². The number of hydrogen-bond donors (Lipinski definition) is 1. The molecule has 1 aromatic carbocycles. The van der Waals surface area contributed by atoms with Gasteiger partial charge in [0.2, 0.25) is 0 Å². The zero-order chi connectivity index (χ0) is 11.5. The second-order valence-electron chi connectivity index (χ2n) is 5.19. The summed E-state index contributed by atoms with van der Waals surface area (Å²) in [5, 5.41) is 0. The van der Waals surface area contributed by atoms with E-state index in [1.54, 1.807) is 0 Å². The molecular formula is C14H22N2. The van der Waals surface area contributed by atoms with Crippen LogP contribution in [0.2, 0.25) is 0 Å². The largest absolute Gasteiger partial charge is 0.326 e. The molecule has 1 aliphatic carbocycles. The average Bonchev–Trinajstić information content (AvgIpc) is 2.94. The van der Waals surface area contributed by atoms with Crippen molar-refractivity contribution in [2.75, 3.05) is 13.6 Å². The van der Waals surface area contributed by atoms with E-state index < -0.39 is 0 Å². The molecular weight excluding hydrogens is 196 g/mol. The highest BCUT2D eigenvalue weighted by Crippen LogP contribution is 2.38. The van der Waals surface area contributed by atoms with Gasteiger partial charge in [0, 0.05) is 19.6 Å². The fourth-order valence-corrected chi connectivity index (χ4v) is 2.28. The van der Waals surface area contributed by atoms with Gasteiger partial charge in [-0.15, -0.1) is 0 Å². The van der Waals surface area contributed by atoms with Gasteiger partial charge in [-0.1, -0.05) is 31.2 Å². The quantitative estimate of drug-likeness (QED) is 0.821. The van der Waals surface area contributed by atoms with Crippen molar-refractivity contribution < 1.29 is 0 Å². The monoisotopic (exact) mass is 218 g/mol. The van der Waals surface area contributed by atoms with Crippen LogP contribution in [0.3, 0.4) is 0 Å². The van der Waals surface area contributed by atoms with E-state index in [9.17, 15) is 0 Å². The standard InChI is InChI=1S/C14H22N2/c1-11-6-14(11)10-16(2)9-13-5-3-4-12(7-13)8-15/h3-5,7,11,14H,6,8-10,15H2,1-2H3. The molecule has 0 saturated heterocycles. The predicted octanol–water partition coefficient (Wildman–Crippen LogP) is 2.23. The number of rotatable bonds is 5. The SMILES string of the molecule is CC1CC1CN(C)Cc1cccc(CN)c1. The molecule has 88 valence electrons. The fraction of sp³-hybridized carbons (Fsp3) is 0.571. The lowest BCUT2D eigenvalue weighted by molar-refractivity contribution is 0.307. The molecule has 2 N–H and O–H groups in total. The van der Waals surface area contributed by atoms with Gasteiger partial charge in [0.15, 0.2) is 0 Å². The minimum absolute atomic E-state index is 0.636. The van der Waals surface area contributed by atoms with Crippen LogP contribution in [0.5, 0.6) is 0 Å². The maximum atomic E-state index is 5.64. The molecule has 2 rings (SSSR count).